The lowest BCUT2D eigenvalue weighted by Crippen LogP contribution is -2.10. The molecule has 7 nitrogen and oxygen atoms in total. The predicted molar refractivity (Wildman–Crippen MR) is 99.8 cm³/mol. The third-order valence-electron chi connectivity index (χ3n) is 4.02. The second-order valence-corrected chi connectivity index (χ2v) is 5.83. The molecule has 0 unspecified atom stereocenters. The average molecular weight is 366 g/mol. The molecule has 0 amide bonds. The fourth-order valence-electron chi connectivity index (χ4n) is 2.64. The summed E-state index contributed by atoms with van der Waals surface area (Å²) in [5.74, 6) is -0.317. The van der Waals surface area contributed by atoms with Crippen LogP contribution in [0.4, 0.5) is 5.69 Å². The number of aromatic nitrogens is 1. The number of H-pyrrole nitrogens is 1. The predicted octanol–water partition coefficient (Wildman–Crippen LogP) is 4.14. The van der Waals surface area contributed by atoms with Crippen molar-refractivity contribution in [3.05, 3.63) is 76.5 Å². The molecule has 0 aliphatic heterocycles. The minimum Gasteiger partial charge on any atom is -0.496 e. The first-order valence-electron chi connectivity index (χ1n) is 8.33. The topological polar surface area (TPSA) is 94.5 Å². The Morgan fingerprint density at radius 1 is 1.11 bits per heavy atom. The van der Waals surface area contributed by atoms with Crippen LogP contribution in [0, 0.1) is 10.1 Å². The van der Waals surface area contributed by atoms with Gasteiger partial charge in [-0.1, -0.05) is 30.3 Å². The van der Waals surface area contributed by atoms with Gasteiger partial charge in [0.05, 0.1) is 24.5 Å². The van der Waals surface area contributed by atoms with Gasteiger partial charge in [0.15, 0.2) is 0 Å². The number of nitrogens with zero attached hydrogens (tertiary/aromatic N) is 1. The molecule has 27 heavy (non-hydrogen) atoms. The van der Waals surface area contributed by atoms with E-state index in [0.29, 0.717) is 12.2 Å². The van der Waals surface area contributed by atoms with Crippen LogP contribution >= 0.6 is 0 Å². The van der Waals surface area contributed by atoms with E-state index in [0.717, 1.165) is 17.0 Å². The van der Waals surface area contributed by atoms with E-state index in [-0.39, 0.29) is 17.9 Å². The number of nitro groups is 1. The molecular formula is C20H18N2O5. The molecule has 2 aromatic carbocycles. The van der Waals surface area contributed by atoms with Crippen molar-refractivity contribution in [3.8, 4) is 22.8 Å². The molecule has 0 atom stereocenters. The molecule has 0 aliphatic rings. The van der Waals surface area contributed by atoms with Crippen LogP contribution in [-0.4, -0.2) is 23.0 Å². The number of nitro benzene ring substituents is 1. The van der Waals surface area contributed by atoms with Crippen molar-refractivity contribution >= 4 is 11.7 Å². The first-order chi connectivity index (χ1) is 13.1. The number of rotatable bonds is 7. The largest absolute Gasteiger partial charge is 0.496 e. The Kier molecular flexibility index (Phi) is 5.51. The number of carbonyl (C=O) groups is 1. The second kappa shape index (κ2) is 8.18. The number of aryl methyl sites for hydroxylation is 1. The van der Waals surface area contributed by atoms with E-state index in [4.69, 9.17) is 9.47 Å². The summed E-state index contributed by atoms with van der Waals surface area (Å²) in [6.45, 7) is 0. The molecule has 1 aromatic heterocycles. The Hall–Kier alpha value is -3.61. The number of carbonyl (C=O) groups excluding carboxylic acids is 1. The summed E-state index contributed by atoms with van der Waals surface area (Å²) >= 11 is 0. The van der Waals surface area contributed by atoms with Crippen LogP contribution < -0.4 is 9.47 Å². The van der Waals surface area contributed by atoms with Crippen LogP contribution in [-0.2, 0) is 11.2 Å². The Morgan fingerprint density at radius 2 is 1.89 bits per heavy atom. The van der Waals surface area contributed by atoms with E-state index < -0.39 is 10.9 Å². The van der Waals surface area contributed by atoms with Gasteiger partial charge in [-0.3, -0.25) is 14.9 Å². The fraction of sp³-hybridized carbons (Fsp3) is 0.150. The minimum atomic E-state index is -0.609. The number of aromatic amines is 1. The van der Waals surface area contributed by atoms with Gasteiger partial charge in [0.2, 0.25) is 5.75 Å². The normalized spacial score (nSPS) is 10.4. The Bertz CT molecular complexity index is 950. The molecular weight excluding hydrogens is 348 g/mol. The van der Waals surface area contributed by atoms with E-state index in [1.807, 2.05) is 42.5 Å². The van der Waals surface area contributed by atoms with Gasteiger partial charge in [-0.2, -0.15) is 0 Å². The minimum absolute atomic E-state index is 0.0951. The number of ether oxygens (including phenoxy) is 2. The summed E-state index contributed by atoms with van der Waals surface area (Å²) in [6.07, 6.45) is 0.535. The lowest BCUT2D eigenvalue weighted by atomic mass is 10.2. The van der Waals surface area contributed by atoms with Gasteiger partial charge in [-0.15, -0.1) is 0 Å². The van der Waals surface area contributed by atoms with Gasteiger partial charge in [0.25, 0.3) is 0 Å². The Balaban J connectivity index is 1.62. The summed E-state index contributed by atoms with van der Waals surface area (Å²) in [6, 6.07) is 17.8. The van der Waals surface area contributed by atoms with Crippen LogP contribution in [0.3, 0.4) is 0 Å². The van der Waals surface area contributed by atoms with Crippen LogP contribution in [0.15, 0.2) is 60.7 Å². The maximum absolute atomic E-state index is 12.1. The molecule has 0 spiro atoms. The van der Waals surface area contributed by atoms with Gasteiger partial charge in [0.1, 0.15) is 5.75 Å². The first kappa shape index (κ1) is 18.2. The maximum atomic E-state index is 12.1. The van der Waals surface area contributed by atoms with Crippen LogP contribution in [0.1, 0.15) is 12.1 Å². The number of hydrogen-bond acceptors (Lipinski definition) is 5. The monoisotopic (exact) mass is 366 g/mol. The standard InChI is InChI=1S/C20H18N2O5/c1-26-16-9-11-19(18(13-16)22(24)25)27-20(23)12-8-15-7-10-17(21-15)14-5-3-2-4-6-14/h2-7,9-11,13,21H,8,12H2,1H3. The third-order valence-corrected chi connectivity index (χ3v) is 4.02. The van der Waals surface area contributed by atoms with Crippen molar-refractivity contribution in [1.82, 2.24) is 4.98 Å². The highest BCUT2D eigenvalue weighted by Gasteiger charge is 2.19. The van der Waals surface area contributed by atoms with E-state index in [2.05, 4.69) is 4.98 Å². The van der Waals surface area contributed by atoms with Crippen molar-refractivity contribution in [2.45, 2.75) is 12.8 Å². The molecule has 0 saturated carbocycles. The first-order valence-corrected chi connectivity index (χ1v) is 8.33. The van der Waals surface area contributed by atoms with Crippen molar-refractivity contribution in [3.63, 3.8) is 0 Å². The van der Waals surface area contributed by atoms with E-state index in [1.165, 1.54) is 25.3 Å². The number of benzene rings is 2. The Labute approximate surface area is 155 Å². The number of hydrogen-bond donors (Lipinski definition) is 1. The molecule has 0 saturated heterocycles. The highest BCUT2D eigenvalue weighted by atomic mass is 16.6. The zero-order valence-electron chi connectivity index (χ0n) is 14.7. The summed E-state index contributed by atoms with van der Waals surface area (Å²) < 4.78 is 10.1. The molecule has 1 N–H and O–H groups in total. The van der Waals surface area contributed by atoms with E-state index in [9.17, 15) is 14.9 Å². The number of nitrogens with one attached hydrogen (secondary N) is 1. The van der Waals surface area contributed by atoms with Gasteiger partial charge in [0, 0.05) is 11.4 Å². The lowest BCUT2D eigenvalue weighted by molar-refractivity contribution is -0.385. The average Bonchev–Trinajstić information content (AvgIpc) is 3.16. The SMILES string of the molecule is COc1ccc(OC(=O)CCc2ccc(-c3ccccc3)[nH]2)c([N+](=O)[O-])c1. The molecule has 0 aliphatic carbocycles. The molecule has 138 valence electrons. The van der Waals surface area contributed by atoms with Crippen LogP contribution in [0.2, 0.25) is 0 Å². The number of esters is 1. The quantitative estimate of drug-likeness (QED) is 0.293. The highest BCUT2D eigenvalue weighted by Crippen LogP contribution is 2.31. The van der Waals surface area contributed by atoms with Crippen molar-refractivity contribution in [1.29, 1.82) is 0 Å². The van der Waals surface area contributed by atoms with E-state index >= 15 is 0 Å². The molecule has 1 heterocycles. The van der Waals surface area contributed by atoms with Gasteiger partial charge in [-0.05, 0) is 36.2 Å². The summed E-state index contributed by atoms with van der Waals surface area (Å²) in [5, 5.41) is 11.1. The molecule has 0 bridgehead atoms. The lowest BCUT2D eigenvalue weighted by Gasteiger charge is -2.06. The van der Waals surface area contributed by atoms with Gasteiger partial charge >= 0.3 is 11.7 Å². The number of methoxy groups -OCH3 is 1. The molecule has 0 fully saturated rings. The molecule has 0 radical (unpaired) electrons. The highest BCUT2D eigenvalue weighted by molar-refractivity contribution is 5.74. The smallest absolute Gasteiger partial charge is 0.315 e. The van der Waals surface area contributed by atoms with Crippen molar-refractivity contribution < 1.29 is 19.2 Å². The zero-order chi connectivity index (χ0) is 19.2. The third kappa shape index (κ3) is 4.52. The maximum Gasteiger partial charge on any atom is 0.315 e. The summed E-state index contributed by atoms with van der Waals surface area (Å²) in [7, 11) is 1.41. The summed E-state index contributed by atoms with van der Waals surface area (Å²) in [5.41, 5.74) is 2.59. The van der Waals surface area contributed by atoms with Gasteiger partial charge < -0.3 is 14.5 Å². The van der Waals surface area contributed by atoms with Gasteiger partial charge in [-0.25, -0.2) is 0 Å². The van der Waals surface area contributed by atoms with Crippen molar-refractivity contribution in [2.75, 3.05) is 7.11 Å². The summed E-state index contributed by atoms with van der Waals surface area (Å²) in [4.78, 5) is 25.9. The fourth-order valence-corrected chi connectivity index (χ4v) is 2.64. The van der Waals surface area contributed by atoms with E-state index in [1.54, 1.807) is 0 Å². The second-order valence-electron chi connectivity index (χ2n) is 5.83. The zero-order valence-corrected chi connectivity index (χ0v) is 14.7. The molecule has 3 aromatic rings. The van der Waals surface area contributed by atoms with Crippen LogP contribution in [0.5, 0.6) is 11.5 Å². The molecule has 7 heteroatoms. The Morgan fingerprint density at radius 3 is 2.59 bits per heavy atom. The van der Waals surface area contributed by atoms with Crippen LogP contribution in [0.25, 0.3) is 11.3 Å². The molecule has 3 rings (SSSR count). The van der Waals surface area contributed by atoms with Crippen molar-refractivity contribution in [2.24, 2.45) is 0 Å².